The second-order valence-electron chi connectivity index (χ2n) is 3.30. The maximum atomic E-state index is 11.5. The molecule has 0 aliphatic rings. The van der Waals surface area contributed by atoms with E-state index in [2.05, 4.69) is 15.0 Å². The van der Waals surface area contributed by atoms with Gasteiger partial charge >= 0.3 is 0 Å². The van der Waals surface area contributed by atoms with Crippen molar-refractivity contribution in [3.63, 3.8) is 0 Å². The summed E-state index contributed by atoms with van der Waals surface area (Å²) in [6, 6.07) is 0. The van der Waals surface area contributed by atoms with Crippen molar-refractivity contribution in [3.05, 3.63) is 16.6 Å². The largest absolute Gasteiger partial charge is 0.316 e. The Morgan fingerprint density at radius 3 is 2.88 bits per heavy atom. The number of nitrogens with one attached hydrogen (secondary N) is 2. The van der Waals surface area contributed by atoms with E-state index in [0.717, 1.165) is 12.2 Å². The molecule has 0 bridgehead atoms. The standard InChI is InChI=1S/C9H17N3O2S2/c1-2-10-5-6-16(13,14)12-4-3-9-7-15-8-11-9/h7-8,10,12H,2-6H2,1H3. The zero-order valence-corrected chi connectivity index (χ0v) is 10.9. The van der Waals surface area contributed by atoms with Crippen molar-refractivity contribution in [3.8, 4) is 0 Å². The summed E-state index contributed by atoms with van der Waals surface area (Å²) in [7, 11) is -3.14. The molecule has 1 aromatic heterocycles. The molecule has 0 aliphatic carbocycles. The molecule has 0 saturated carbocycles. The maximum absolute atomic E-state index is 11.5. The number of aromatic nitrogens is 1. The van der Waals surface area contributed by atoms with Crippen LogP contribution in [0, 0.1) is 0 Å². The van der Waals surface area contributed by atoms with E-state index in [9.17, 15) is 8.42 Å². The minimum absolute atomic E-state index is 0.123. The van der Waals surface area contributed by atoms with E-state index in [1.807, 2.05) is 12.3 Å². The summed E-state index contributed by atoms with van der Waals surface area (Å²) in [4.78, 5) is 4.08. The molecule has 0 aliphatic heterocycles. The van der Waals surface area contributed by atoms with E-state index >= 15 is 0 Å². The molecule has 1 heterocycles. The van der Waals surface area contributed by atoms with Crippen LogP contribution in [0.2, 0.25) is 0 Å². The molecular formula is C9H17N3O2S2. The highest BCUT2D eigenvalue weighted by atomic mass is 32.2. The van der Waals surface area contributed by atoms with Gasteiger partial charge in [-0.15, -0.1) is 11.3 Å². The first-order valence-corrected chi connectivity index (χ1v) is 7.78. The van der Waals surface area contributed by atoms with Gasteiger partial charge in [0.05, 0.1) is 17.0 Å². The van der Waals surface area contributed by atoms with Crippen molar-refractivity contribution in [2.45, 2.75) is 13.3 Å². The number of thiazole rings is 1. The number of rotatable bonds is 8. The lowest BCUT2D eigenvalue weighted by Gasteiger charge is -2.05. The highest BCUT2D eigenvalue weighted by molar-refractivity contribution is 7.89. The molecule has 0 saturated heterocycles. The zero-order chi connectivity index (χ0) is 11.9. The van der Waals surface area contributed by atoms with Crippen LogP contribution in [0.5, 0.6) is 0 Å². The number of hydrogen-bond donors (Lipinski definition) is 2. The number of nitrogens with zero attached hydrogens (tertiary/aromatic N) is 1. The van der Waals surface area contributed by atoms with E-state index in [-0.39, 0.29) is 5.75 Å². The van der Waals surface area contributed by atoms with Crippen molar-refractivity contribution < 1.29 is 8.42 Å². The van der Waals surface area contributed by atoms with Gasteiger partial charge in [0, 0.05) is 24.9 Å². The molecule has 7 heteroatoms. The smallest absolute Gasteiger partial charge is 0.212 e. The maximum Gasteiger partial charge on any atom is 0.212 e. The van der Waals surface area contributed by atoms with Gasteiger partial charge in [0.25, 0.3) is 0 Å². The summed E-state index contributed by atoms with van der Waals surface area (Å²) in [5.74, 6) is 0.123. The zero-order valence-electron chi connectivity index (χ0n) is 9.27. The minimum atomic E-state index is -3.14. The quantitative estimate of drug-likeness (QED) is 0.658. The van der Waals surface area contributed by atoms with Crippen molar-refractivity contribution >= 4 is 21.4 Å². The fourth-order valence-corrected chi connectivity index (χ4v) is 2.71. The van der Waals surface area contributed by atoms with Crippen LogP contribution in [-0.4, -0.2) is 38.8 Å². The average molecular weight is 263 g/mol. The van der Waals surface area contributed by atoms with Gasteiger partial charge in [-0.05, 0) is 6.54 Å². The van der Waals surface area contributed by atoms with E-state index in [1.165, 1.54) is 11.3 Å². The van der Waals surface area contributed by atoms with Gasteiger partial charge < -0.3 is 5.32 Å². The Kier molecular flexibility index (Phi) is 5.89. The van der Waals surface area contributed by atoms with Crippen molar-refractivity contribution in [2.24, 2.45) is 0 Å². The van der Waals surface area contributed by atoms with Gasteiger partial charge in [-0.1, -0.05) is 6.92 Å². The van der Waals surface area contributed by atoms with Crippen LogP contribution >= 0.6 is 11.3 Å². The fraction of sp³-hybridized carbons (Fsp3) is 0.667. The first-order chi connectivity index (χ1) is 7.64. The van der Waals surface area contributed by atoms with Crippen molar-refractivity contribution in [2.75, 3.05) is 25.4 Å². The molecule has 0 unspecified atom stereocenters. The topological polar surface area (TPSA) is 71.1 Å². The predicted octanol–water partition coefficient (Wildman–Crippen LogP) is 0.215. The Labute approximate surface area is 100 Å². The van der Waals surface area contributed by atoms with E-state index in [0.29, 0.717) is 19.5 Å². The van der Waals surface area contributed by atoms with Gasteiger partial charge in [-0.2, -0.15) is 0 Å². The van der Waals surface area contributed by atoms with Crippen LogP contribution in [0.1, 0.15) is 12.6 Å². The molecule has 0 fully saturated rings. The first-order valence-electron chi connectivity index (χ1n) is 5.19. The molecule has 2 N–H and O–H groups in total. The van der Waals surface area contributed by atoms with Gasteiger partial charge in [0.1, 0.15) is 0 Å². The Hall–Kier alpha value is -0.500. The summed E-state index contributed by atoms with van der Waals surface area (Å²) < 4.78 is 25.5. The highest BCUT2D eigenvalue weighted by Crippen LogP contribution is 2.00. The predicted molar refractivity (Wildman–Crippen MR) is 66.2 cm³/mol. The van der Waals surface area contributed by atoms with Crippen LogP contribution in [0.25, 0.3) is 0 Å². The molecule has 0 spiro atoms. The molecule has 5 nitrogen and oxygen atoms in total. The van der Waals surface area contributed by atoms with Crippen LogP contribution in [-0.2, 0) is 16.4 Å². The average Bonchev–Trinajstić information content (AvgIpc) is 2.70. The summed E-state index contributed by atoms with van der Waals surface area (Å²) in [5, 5.41) is 4.90. The van der Waals surface area contributed by atoms with Crippen LogP contribution < -0.4 is 10.0 Å². The number of hydrogen-bond acceptors (Lipinski definition) is 5. The molecule has 0 radical (unpaired) electrons. The van der Waals surface area contributed by atoms with Crippen molar-refractivity contribution in [1.82, 2.24) is 15.0 Å². The molecule has 0 atom stereocenters. The second-order valence-corrected chi connectivity index (χ2v) is 5.94. The van der Waals surface area contributed by atoms with E-state index < -0.39 is 10.0 Å². The minimum Gasteiger partial charge on any atom is -0.316 e. The number of sulfonamides is 1. The Morgan fingerprint density at radius 1 is 1.44 bits per heavy atom. The summed E-state index contributed by atoms with van der Waals surface area (Å²) in [5.41, 5.74) is 2.68. The van der Waals surface area contributed by atoms with Crippen molar-refractivity contribution in [1.29, 1.82) is 0 Å². The summed E-state index contributed by atoms with van der Waals surface area (Å²) in [6.45, 7) is 3.64. The van der Waals surface area contributed by atoms with Crippen LogP contribution in [0.3, 0.4) is 0 Å². The third-order valence-corrected chi connectivity index (χ3v) is 4.00. The Bertz CT molecular complexity index is 375. The molecule has 1 aromatic rings. The van der Waals surface area contributed by atoms with E-state index in [4.69, 9.17) is 0 Å². The lowest BCUT2D eigenvalue weighted by Crippen LogP contribution is -2.33. The normalized spacial score (nSPS) is 11.8. The molecule has 16 heavy (non-hydrogen) atoms. The molecule has 92 valence electrons. The highest BCUT2D eigenvalue weighted by Gasteiger charge is 2.08. The lowest BCUT2D eigenvalue weighted by molar-refractivity contribution is 0.577. The lowest BCUT2D eigenvalue weighted by atomic mass is 10.3. The SMILES string of the molecule is CCNCCS(=O)(=O)NCCc1cscn1. The monoisotopic (exact) mass is 263 g/mol. The first kappa shape index (κ1) is 13.6. The van der Waals surface area contributed by atoms with Gasteiger partial charge in [0.2, 0.25) is 10.0 Å². The molecule has 0 aromatic carbocycles. The van der Waals surface area contributed by atoms with Crippen LogP contribution in [0.15, 0.2) is 10.9 Å². The fourth-order valence-electron chi connectivity index (χ4n) is 1.15. The second kappa shape index (κ2) is 6.95. The van der Waals surface area contributed by atoms with Gasteiger partial charge in [-0.3, -0.25) is 0 Å². The summed E-state index contributed by atoms with van der Waals surface area (Å²) >= 11 is 1.52. The van der Waals surface area contributed by atoms with Gasteiger partial charge in [-0.25, -0.2) is 18.1 Å². The third kappa shape index (κ3) is 5.55. The third-order valence-electron chi connectivity index (χ3n) is 1.98. The van der Waals surface area contributed by atoms with E-state index in [1.54, 1.807) is 5.51 Å². The van der Waals surface area contributed by atoms with Crippen LogP contribution in [0.4, 0.5) is 0 Å². The Morgan fingerprint density at radius 2 is 2.25 bits per heavy atom. The summed E-state index contributed by atoms with van der Waals surface area (Å²) in [6.07, 6.45) is 0.643. The molecule has 0 amide bonds. The molecule has 1 rings (SSSR count). The Balaban J connectivity index is 2.20. The van der Waals surface area contributed by atoms with Gasteiger partial charge in [0.15, 0.2) is 0 Å². The molecular weight excluding hydrogens is 246 g/mol.